The van der Waals surface area contributed by atoms with Gasteiger partial charge in [-0.15, -0.1) is 0 Å². The van der Waals surface area contributed by atoms with Gasteiger partial charge < -0.3 is 14.6 Å². The number of nitrogens with one attached hydrogen (secondary N) is 1. The van der Waals surface area contributed by atoms with E-state index in [-0.39, 0.29) is 12.4 Å². The van der Waals surface area contributed by atoms with Crippen LogP contribution < -0.4 is 14.9 Å². The quantitative estimate of drug-likeness (QED) is 0.514. The van der Waals surface area contributed by atoms with Crippen LogP contribution in [0.3, 0.4) is 0 Å². The van der Waals surface area contributed by atoms with E-state index in [9.17, 15) is 9.90 Å². The Kier molecular flexibility index (Phi) is 6.62. The molecule has 0 aliphatic rings. The van der Waals surface area contributed by atoms with Crippen molar-refractivity contribution in [3.05, 3.63) is 50.9 Å². The molecule has 0 spiro atoms. The van der Waals surface area contributed by atoms with Gasteiger partial charge in [-0.3, -0.25) is 4.79 Å². The zero-order chi connectivity index (χ0) is 17.5. The summed E-state index contributed by atoms with van der Waals surface area (Å²) >= 11 is 6.70. The summed E-state index contributed by atoms with van der Waals surface area (Å²) in [7, 11) is 1.51. The van der Waals surface area contributed by atoms with Crippen LogP contribution in [0, 0.1) is 0 Å². The number of aromatic hydroxyl groups is 1. The van der Waals surface area contributed by atoms with Gasteiger partial charge in [-0.1, -0.05) is 28.1 Å². The Bertz CT molecular complexity index is 766. The number of halogens is 2. The van der Waals surface area contributed by atoms with Gasteiger partial charge in [0.25, 0.3) is 5.91 Å². The molecule has 0 aliphatic carbocycles. The summed E-state index contributed by atoms with van der Waals surface area (Å²) in [4.78, 5) is 11.8. The average Bonchev–Trinajstić information content (AvgIpc) is 2.55. The van der Waals surface area contributed by atoms with Crippen molar-refractivity contribution in [1.29, 1.82) is 0 Å². The van der Waals surface area contributed by atoms with Crippen LogP contribution >= 0.6 is 31.9 Å². The van der Waals surface area contributed by atoms with Gasteiger partial charge in [-0.2, -0.15) is 5.10 Å². The first-order valence-electron chi connectivity index (χ1n) is 6.77. The van der Waals surface area contributed by atoms with Gasteiger partial charge in [0.05, 0.1) is 17.8 Å². The summed E-state index contributed by atoms with van der Waals surface area (Å²) in [6.07, 6.45) is 1.35. The average molecular weight is 458 g/mol. The Labute approximate surface area is 155 Å². The summed E-state index contributed by atoms with van der Waals surface area (Å²) in [5, 5.41) is 13.4. The molecular weight excluding hydrogens is 444 g/mol. The van der Waals surface area contributed by atoms with Crippen LogP contribution in [0.25, 0.3) is 0 Å². The minimum Gasteiger partial charge on any atom is -0.507 e. The first kappa shape index (κ1) is 18.3. The van der Waals surface area contributed by atoms with E-state index in [1.807, 2.05) is 0 Å². The Morgan fingerprint density at radius 2 is 2.08 bits per heavy atom. The highest BCUT2D eigenvalue weighted by atomic mass is 79.9. The third-order valence-electron chi connectivity index (χ3n) is 2.87. The number of hydrogen-bond acceptors (Lipinski definition) is 5. The van der Waals surface area contributed by atoms with Crippen LogP contribution in [0.1, 0.15) is 5.56 Å². The predicted octanol–water partition coefficient (Wildman–Crippen LogP) is 3.45. The maximum Gasteiger partial charge on any atom is 0.277 e. The second-order valence-corrected chi connectivity index (χ2v) is 6.33. The molecule has 0 aliphatic heterocycles. The van der Waals surface area contributed by atoms with Gasteiger partial charge in [0.1, 0.15) is 5.75 Å². The molecule has 1 amide bonds. The molecule has 0 heterocycles. The highest BCUT2D eigenvalue weighted by Crippen LogP contribution is 2.38. The van der Waals surface area contributed by atoms with Crippen LogP contribution in [-0.4, -0.2) is 30.9 Å². The summed E-state index contributed by atoms with van der Waals surface area (Å²) in [6, 6.07) is 10.2. The predicted molar refractivity (Wildman–Crippen MR) is 97.7 cm³/mol. The van der Waals surface area contributed by atoms with E-state index >= 15 is 0 Å². The fourth-order valence-corrected chi connectivity index (χ4v) is 3.07. The number of carbonyl (C=O) groups excluding carboxylic acids is 1. The van der Waals surface area contributed by atoms with Crippen LogP contribution in [0.2, 0.25) is 0 Å². The number of rotatable bonds is 6. The van der Waals surface area contributed by atoms with Gasteiger partial charge in [0.2, 0.25) is 0 Å². The molecular formula is C16H14Br2N2O4. The summed E-state index contributed by atoms with van der Waals surface area (Å²) in [5.41, 5.74) is 2.82. The number of para-hydroxylation sites is 1. The molecule has 0 saturated carbocycles. The van der Waals surface area contributed by atoms with Crippen LogP contribution in [0.4, 0.5) is 0 Å². The Morgan fingerprint density at radius 3 is 2.79 bits per heavy atom. The second-order valence-electron chi connectivity index (χ2n) is 4.56. The first-order valence-corrected chi connectivity index (χ1v) is 8.35. The molecule has 24 heavy (non-hydrogen) atoms. The molecule has 2 N–H and O–H groups in total. The van der Waals surface area contributed by atoms with Gasteiger partial charge in [0, 0.05) is 10.0 Å². The number of hydrogen-bond donors (Lipinski definition) is 2. The number of hydrazone groups is 1. The van der Waals surface area contributed by atoms with Gasteiger partial charge in [-0.05, 0) is 40.2 Å². The maximum absolute atomic E-state index is 11.8. The summed E-state index contributed by atoms with van der Waals surface area (Å²) in [5.74, 6) is 0.538. The van der Waals surface area contributed by atoms with E-state index in [1.165, 1.54) is 19.4 Å². The van der Waals surface area contributed by atoms with E-state index < -0.39 is 5.91 Å². The van der Waals surface area contributed by atoms with E-state index in [0.717, 1.165) is 4.47 Å². The molecule has 0 aromatic heterocycles. The van der Waals surface area contributed by atoms with Crippen molar-refractivity contribution in [3.8, 4) is 17.2 Å². The van der Waals surface area contributed by atoms with E-state index in [4.69, 9.17) is 9.47 Å². The van der Waals surface area contributed by atoms with Crippen LogP contribution in [-0.2, 0) is 4.79 Å². The number of phenolic OH excluding ortho intramolecular Hbond substituents is 1. The van der Waals surface area contributed by atoms with Crippen molar-refractivity contribution in [2.24, 2.45) is 5.10 Å². The molecule has 126 valence electrons. The molecule has 0 atom stereocenters. The van der Waals surface area contributed by atoms with Crippen molar-refractivity contribution in [3.63, 3.8) is 0 Å². The number of carbonyl (C=O) groups is 1. The zero-order valence-corrected chi connectivity index (χ0v) is 15.8. The maximum atomic E-state index is 11.8. The Morgan fingerprint density at radius 1 is 1.33 bits per heavy atom. The SMILES string of the molecule is COc1cc(Br)cc(Br)c1OCC(=O)N/N=C/c1ccccc1O. The third-order valence-corrected chi connectivity index (χ3v) is 3.92. The first-order chi connectivity index (χ1) is 11.5. The minimum atomic E-state index is -0.446. The smallest absolute Gasteiger partial charge is 0.277 e. The van der Waals surface area contributed by atoms with Gasteiger partial charge in [-0.25, -0.2) is 5.43 Å². The molecule has 0 saturated heterocycles. The molecule has 2 aromatic carbocycles. The molecule has 0 radical (unpaired) electrons. The fraction of sp³-hybridized carbons (Fsp3) is 0.125. The molecule has 2 rings (SSSR count). The Hall–Kier alpha value is -2.06. The van der Waals surface area contributed by atoms with Crippen LogP contribution in [0.5, 0.6) is 17.2 Å². The monoisotopic (exact) mass is 456 g/mol. The summed E-state index contributed by atoms with van der Waals surface area (Å²) in [6.45, 7) is -0.241. The zero-order valence-electron chi connectivity index (χ0n) is 12.6. The molecule has 0 fully saturated rings. The Balaban J connectivity index is 1.93. The number of ether oxygens (including phenoxy) is 2. The second kappa shape index (κ2) is 8.70. The summed E-state index contributed by atoms with van der Waals surface area (Å²) < 4.78 is 12.2. The lowest BCUT2D eigenvalue weighted by molar-refractivity contribution is -0.123. The number of methoxy groups -OCH3 is 1. The normalized spacial score (nSPS) is 10.6. The highest BCUT2D eigenvalue weighted by Gasteiger charge is 2.12. The van der Waals surface area contributed by atoms with E-state index in [2.05, 4.69) is 42.4 Å². The lowest BCUT2D eigenvalue weighted by atomic mass is 10.2. The lowest BCUT2D eigenvalue weighted by Crippen LogP contribution is -2.24. The molecule has 0 bridgehead atoms. The van der Waals surface area contributed by atoms with Crippen molar-refractivity contribution >= 4 is 44.0 Å². The van der Waals surface area contributed by atoms with E-state index in [0.29, 0.717) is 21.5 Å². The van der Waals surface area contributed by atoms with Gasteiger partial charge >= 0.3 is 0 Å². The standard InChI is InChI=1S/C16H14Br2N2O4/c1-23-14-7-11(17)6-12(18)16(14)24-9-15(22)20-19-8-10-4-2-3-5-13(10)21/h2-8,21H,9H2,1H3,(H,20,22)/b19-8+. The molecule has 6 nitrogen and oxygen atoms in total. The lowest BCUT2D eigenvalue weighted by Gasteiger charge is -2.12. The van der Waals surface area contributed by atoms with Crippen molar-refractivity contribution in [2.45, 2.75) is 0 Å². The van der Waals surface area contributed by atoms with Crippen molar-refractivity contribution < 1.29 is 19.4 Å². The largest absolute Gasteiger partial charge is 0.507 e. The number of amides is 1. The highest BCUT2D eigenvalue weighted by molar-refractivity contribution is 9.11. The van der Waals surface area contributed by atoms with E-state index in [1.54, 1.807) is 30.3 Å². The minimum absolute atomic E-state index is 0.0790. The number of phenols is 1. The third kappa shape index (κ3) is 4.97. The fourth-order valence-electron chi connectivity index (χ4n) is 1.77. The van der Waals surface area contributed by atoms with Crippen molar-refractivity contribution in [1.82, 2.24) is 5.43 Å². The van der Waals surface area contributed by atoms with Crippen LogP contribution in [0.15, 0.2) is 50.4 Å². The topological polar surface area (TPSA) is 80.2 Å². The number of nitrogens with zero attached hydrogens (tertiary/aromatic N) is 1. The van der Waals surface area contributed by atoms with Gasteiger partial charge in [0.15, 0.2) is 18.1 Å². The molecule has 2 aromatic rings. The molecule has 8 heteroatoms. The molecule has 0 unspecified atom stereocenters. The van der Waals surface area contributed by atoms with Crippen molar-refractivity contribution in [2.75, 3.05) is 13.7 Å². The number of benzene rings is 2.